The van der Waals surface area contributed by atoms with Gasteiger partial charge in [-0.3, -0.25) is 26.4 Å². The Kier molecular flexibility index (Phi) is 29.5. The van der Waals surface area contributed by atoms with Crippen LogP contribution in [0.15, 0.2) is 0 Å². The third-order valence-electron chi connectivity index (χ3n) is 2.13. The van der Waals surface area contributed by atoms with Crippen molar-refractivity contribution in [1.29, 1.82) is 0 Å². The number of carbonyl (C=O) groups excluding carboxylic acids is 2. The first-order valence-electron chi connectivity index (χ1n) is 9.09. The molecule has 0 aliphatic carbocycles. The van der Waals surface area contributed by atoms with Crippen LogP contribution in [0.4, 0.5) is 11.4 Å². The number of carboxylic acid groups (broad SMARTS) is 1. The number of hydrogen-bond acceptors (Lipinski definition) is 7. The molecule has 0 atom stereocenters. The van der Waals surface area contributed by atoms with E-state index in [1.54, 1.807) is 50.0 Å². The maximum Gasteiger partial charge on any atom is 0.338 e. The molecule has 36 heavy (non-hydrogen) atoms. The summed E-state index contributed by atoms with van der Waals surface area (Å²) in [7, 11) is -2.44. The minimum Gasteiger partial charge on any atom is -0.478 e. The number of benzene rings is 1. The molecule has 0 radical (unpaired) electrons. The second kappa shape index (κ2) is 24.5. The third-order valence-corrected chi connectivity index (χ3v) is 5.37. The van der Waals surface area contributed by atoms with E-state index < -0.39 is 49.2 Å². The van der Waals surface area contributed by atoms with Gasteiger partial charge in [-0.1, -0.05) is 0 Å². The zero-order chi connectivity index (χ0) is 29.9. The minimum absolute atomic E-state index is 0.0547. The minimum atomic E-state index is -1.12. The van der Waals surface area contributed by atoms with Crippen LogP contribution < -0.4 is 10.6 Å². The van der Waals surface area contributed by atoms with Crippen molar-refractivity contribution < 1.29 is 36.3 Å². The van der Waals surface area contributed by atoms with Crippen LogP contribution in [0.1, 0.15) is 24.2 Å². The van der Waals surface area contributed by atoms with Crippen LogP contribution in [0, 0.1) is 10.7 Å². The monoisotopic (exact) mass is 926 g/mol. The number of nitrogens with one attached hydrogen (secondary N) is 2. The Morgan fingerprint density at radius 1 is 0.583 bits per heavy atom. The Hall–Kier alpha value is 0.420. The normalized spacial score (nSPS) is 9.47. The van der Waals surface area contributed by atoms with E-state index in [-0.39, 0.29) is 17.4 Å². The van der Waals surface area contributed by atoms with E-state index >= 15 is 0 Å². The molecule has 2 amide bonds. The number of hydrogen-bond donors (Lipinski definition) is 3. The van der Waals surface area contributed by atoms with Gasteiger partial charge in [0.1, 0.15) is 0 Å². The smallest absolute Gasteiger partial charge is 0.338 e. The molecular formula is C19H33I3N2O8S4. The summed E-state index contributed by atoms with van der Waals surface area (Å²) in [4.78, 5) is 33.9. The summed E-state index contributed by atoms with van der Waals surface area (Å²) in [6, 6.07) is 0. The van der Waals surface area contributed by atoms with Crippen LogP contribution in [-0.2, 0) is 52.8 Å². The van der Waals surface area contributed by atoms with Gasteiger partial charge in [-0.2, -0.15) is 0 Å². The van der Waals surface area contributed by atoms with Crippen molar-refractivity contribution in [1.82, 2.24) is 0 Å². The lowest BCUT2D eigenvalue weighted by atomic mass is 10.1. The fourth-order valence-electron chi connectivity index (χ4n) is 1.42. The van der Waals surface area contributed by atoms with E-state index in [0.29, 0.717) is 22.1 Å². The van der Waals surface area contributed by atoms with Crippen LogP contribution in [0.2, 0.25) is 0 Å². The van der Waals surface area contributed by atoms with Crippen molar-refractivity contribution in [2.45, 2.75) is 13.8 Å². The molecule has 0 aliphatic heterocycles. The summed E-state index contributed by atoms with van der Waals surface area (Å²) in [5, 5.41) is 14.5. The first kappa shape index (κ1) is 43.5. The number of anilines is 2. The number of carboxylic acids is 1. The highest BCUT2D eigenvalue weighted by Gasteiger charge is 2.25. The van der Waals surface area contributed by atoms with Gasteiger partial charge in [0.25, 0.3) is 0 Å². The summed E-state index contributed by atoms with van der Waals surface area (Å²) in [6.45, 7) is 2.67. The zero-order valence-corrected chi connectivity index (χ0v) is 31.3. The molecule has 0 bridgehead atoms. The van der Waals surface area contributed by atoms with E-state index in [9.17, 15) is 36.3 Å². The first-order chi connectivity index (χ1) is 16.1. The van der Waals surface area contributed by atoms with Crippen LogP contribution in [0.3, 0.4) is 0 Å². The summed E-state index contributed by atoms with van der Waals surface area (Å²) in [5.74, 6) is -1.74. The Morgan fingerprint density at radius 3 is 0.917 bits per heavy atom. The Morgan fingerprint density at radius 2 is 0.778 bits per heavy atom. The van der Waals surface area contributed by atoms with Gasteiger partial charge in [-0.05, 0) is 67.8 Å². The highest BCUT2D eigenvalue weighted by Crippen LogP contribution is 2.38. The van der Waals surface area contributed by atoms with Crippen LogP contribution in [0.25, 0.3) is 0 Å². The molecule has 1 aromatic carbocycles. The van der Waals surface area contributed by atoms with Gasteiger partial charge in [-0.25, -0.2) is 4.79 Å². The maximum atomic E-state index is 11.4. The lowest BCUT2D eigenvalue weighted by molar-refractivity contribution is -0.115. The van der Waals surface area contributed by atoms with E-state index in [2.05, 4.69) is 10.6 Å². The largest absolute Gasteiger partial charge is 0.478 e. The molecule has 212 valence electrons. The SMILES string of the molecule is CC(=O)Nc1c(I)c(NC(C)=O)c(I)c(C(=O)O)c1I.CS(C)=O.CS(C)=O.CS(C)=O.CS(C)=O. The molecule has 1 rings (SSSR count). The van der Waals surface area contributed by atoms with Crippen molar-refractivity contribution in [3.05, 3.63) is 16.3 Å². The lowest BCUT2D eigenvalue weighted by Crippen LogP contribution is -2.17. The summed E-state index contributed by atoms with van der Waals surface area (Å²) in [6.07, 6.45) is 13.1. The highest BCUT2D eigenvalue weighted by atomic mass is 127. The molecule has 0 unspecified atom stereocenters. The number of amides is 2. The topological polar surface area (TPSA) is 164 Å². The number of rotatable bonds is 3. The summed E-state index contributed by atoms with van der Waals surface area (Å²) < 4.78 is 39.7. The second-order valence-electron chi connectivity index (χ2n) is 6.70. The second-order valence-corrected chi connectivity index (χ2v) is 15.9. The standard InChI is InChI=1S/C11H9I3N2O4.4C2H6OS/c1-3(17)15-9-6(12)5(11(19)20)7(13)10(8(9)14)16-4(2)18;4*1-4(2)3/h1-2H3,(H,15,17)(H,16,18)(H,19,20);4*1-2H3. The quantitative estimate of drug-likeness (QED) is 0.390. The molecule has 17 heteroatoms. The highest BCUT2D eigenvalue weighted by molar-refractivity contribution is 14.1. The molecular weight excluding hydrogens is 893 g/mol. The number of carbonyl (C=O) groups is 3. The molecule has 1 aromatic rings. The van der Waals surface area contributed by atoms with Gasteiger partial charge >= 0.3 is 5.97 Å². The van der Waals surface area contributed by atoms with Gasteiger partial charge in [0, 0.05) is 107 Å². The molecule has 0 spiro atoms. The fourth-order valence-corrected chi connectivity index (χ4v) is 5.59. The van der Waals surface area contributed by atoms with Crippen molar-refractivity contribution in [3.8, 4) is 0 Å². The van der Waals surface area contributed by atoms with E-state index in [1.165, 1.54) is 13.8 Å². The van der Waals surface area contributed by atoms with Gasteiger partial charge < -0.3 is 15.7 Å². The van der Waals surface area contributed by atoms with Crippen LogP contribution >= 0.6 is 67.8 Å². The predicted molar refractivity (Wildman–Crippen MR) is 180 cm³/mol. The van der Waals surface area contributed by atoms with Gasteiger partial charge in [0.2, 0.25) is 11.8 Å². The molecule has 0 aromatic heterocycles. The molecule has 3 N–H and O–H groups in total. The lowest BCUT2D eigenvalue weighted by Gasteiger charge is -2.17. The Labute approximate surface area is 264 Å². The molecule has 0 saturated heterocycles. The van der Waals surface area contributed by atoms with Gasteiger partial charge in [0.15, 0.2) is 0 Å². The Bertz CT molecular complexity index is 885. The van der Waals surface area contributed by atoms with Crippen molar-refractivity contribution in [2.24, 2.45) is 0 Å². The summed E-state index contributed by atoms with van der Waals surface area (Å²) >= 11 is 5.71. The van der Waals surface area contributed by atoms with Crippen molar-refractivity contribution >= 4 is 140 Å². The van der Waals surface area contributed by atoms with E-state index in [0.717, 1.165) is 0 Å². The van der Waals surface area contributed by atoms with Crippen molar-refractivity contribution in [2.75, 3.05) is 60.7 Å². The zero-order valence-electron chi connectivity index (χ0n) is 21.6. The van der Waals surface area contributed by atoms with E-state index in [4.69, 9.17) is 0 Å². The predicted octanol–water partition coefficient (Wildman–Crippen LogP) is 3.09. The number of aromatic carboxylic acids is 1. The molecule has 0 heterocycles. The molecule has 0 saturated carbocycles. The molecule has 0 aliphatic rings. The number of halogens is 3. The van der Waals surface area contributed by atoms with Gasteiger partial charge in [0.05, 0.1) is 27.6 Å². The molecule has 10 nitrogen and oxygen atoms in total. The van der Waals surface area contributed by atoms with Crippen LogP contribution in [-0.4, -0.2) is 89.8 Å². The summed E-state index contributed by atoms with van der Waals surface area (Å²) in [5.41, 5.74) is 0.833. The van der Waals surface area contributed by atoms with E-state index in [1.807, 2.05) is 67.8 Å². The third kappa shape index (κ3) is 29.0. The maximum absolute atomic E-state index is 11.4. The molecule has 0 fully saturated rings. The van der Waals surface area contributed by atoms with Gasteiger partial charge in [-0.15, -0.1) is 0 Å². The average Bonchev–Trinajstić information content (AvgIpc) is 2.60. The fraction of sp³-hybridized carbons (Fsp3) is 0.526. The van der Waals surface area contributed by atoms with Crippen molar-refractivity contribution in [3.63, 3.8) is 0 Å². The average molecular weight is 926 g/mol. The first-order valence-corrected chi connectivity index (χ1v) is 20.2. The Balaban J connectivity index is -0.000000260. The van der Waals surface area contributed by atoms with Crippen LogP contribution in [0.5, 0.6) is 0 Å².